The average Bonchev–Trinajstić information content (AvgIpc) is 3.79. The second-order valence-corrected chi connectivity index (χ2v) is 15.7. The molecule has 0 bridgehead atoms. The molecule has 0 N–H and O–H groups in total. The van der Waals surface area contributed by atoms with E-state index >= 15 is 0 Å². The Morgan fingerprint density at radius 1 is 0.239 bits per heavy atom. The summed E-state index contributed by atoms with van der Waals surface area (Å²) in [6.07, 6.45) is 0. The summed E-state index contributed by atoms with van der Waals surface area (Å²) in [4.78, 5) is 0. The van der Waals surface area contributed by atoms with E-state index < -0.39 is 0 Å². The van der Waals surface area contributed by atoms with Gasteiger partial charge in [-0.1, -0.05) is 0 Å². The molecule has 0 fully saturated rings. The van der Waals surface area contributed by atoms with Crippen molar-refractivity contribution in [1.82, 2.24) is 0 Å². The molecule has 2 aromatic heterocycles. The van der Waals surface area contributed by atoms with Crippen LogP contribution in [0.15, 0.2) is 182 Å². The van der Waals surface area contributed by atoms with E-state index in [2.05, 4.69) is 182 Å². The standard InChI is InChI=1S/C44H30Se2/c1-5-17-31(18-6-1)35-25-13-15-27-37(35)39-29-41(33-21-9-3-10-22-33)45-43(39)44-40(30-42(46-44)34-23-11-4-12-24-34)38-28-16-14-26-36(38)32-19-7-2-8-20-32/h1-30H. The Balaban J connectivity index is 1.42. The first-order chi connectivity index (χ1) is 22.8. The van der Waals surface area contributed by atoms with Crippen molar-refractivity contribution < 1.29 is 0 Å². The molecule has 0 aliphatic heterocycles. The fourth-order valence-corrected chi connectivity index (χ4v) is 11.8. The molecule has 0 spiro atoms. The number of rotatable bonds is 7. The van der Waals surface area contributed by atoms with Crippen molar-refractivity contribution >= 4 is 29.0 Å². The first-order valence-corrected chi connectivity index (χ1v) is 18.9. The third-order valence-electron chi connectivity index (χ3n) is 8.39. The normalized spacial score (nSPS) is 11.0. The molecular weight excluding hydrogens is 686 g/mol. The van der Waals surface area contributed by atoms with E-state index in [-0.39, 0.29) is 29.0 Å². The molecule has 0 amide bonds. The molecule has 2 heteroatoms. The summed E-state index contributed by atoms with van der Waals surface area (Å²) in [5.41, 5.74) is 13.1. The van der Waals surface area contributed by atoms with Gasteiger partial charge in [0.15, 0.2) is 0 Å². The molecule has 8 rings (SSSR count). The van der Waals surface area contributed by atoms with E-state index in [4.69, 9.17) is 0 Å². The van der Waals surface area contributed by atoms with Crippen LogP contribution in [0.2, 0.25) is 0 Å². The molecule has 0 aliphatic carbocycles. The third-order valence-corrected chi connectivity index (χ3v) is 14.1. The molecule has 0 unspecified atom stereocenters. The Hall–Kier alpha value is -4.68. The fraction of sp³-hybridized carbons (Fsp3) is 0. The van der Waals surface area contributed by atoms with Crippen molar-refractivity contribution in [3.05, 3.63) is 182 Å². The molecule has 0 radical (unpaired) electrons. The number of hydrogen-bond donors (Lipinski definition) is 0. The minimum atomic E-state index is 0.143. The second-order valence-electron chi connectivity index (χ2n) is 11.3. The first kappa shape index (κ1) is 28.8. The SMILES string of the molecule is c1ccc(-c2cc(-c3ccccc3-c3ccccc3)c(-c3[se]c(-c4ccccc4)cc3-c3ccccc3-c3ccccc3)[se]2)cc1. The van der Waals surface area contributed by atoms with Crippen LogP contribution in [0.1, 0.15) is 0 Å². The van der Waals surface area contributed by atoms with Gasteiger partial charge in [-0.15, -0.1) is 0 Å². The van der Waals surface area contributed by atoms with Crippen LogP contribution in [-0.4, -0.2) is 29.0 Å². The van der Waals surface area contributed by atoms with Crippen molar-refractivity contribution in [2.75, 3.05) is 0 Å². The zero-order chi connectivity index (χ0) is 30.7. The van der Waals surface area contributed by atoms with E-state index in [9.17, 15) is 0 Å². The molecule has 218 valence electrons. The monoisotopic (exact) mass is 718 g/mol. The van der Waals surface area contributed by atoms with Gasteiger partial charge in [-0.25, -0.2) is 0 Å². The van der Waals surface area contributed by atoms with Crippen LogP contribution in [0.5, 0.6) is 0 Å². The van der Waals surface area contributed by atoms with Crippen molar-refractivity contribution in [2.45, 2.75) is 0 Å². The third kappa shape index (κ3) is 5.62. The van der Waals surface area contributed by atoms with Gasteiger partial charge in [-0.05, 0) is 0 Å². The molecule has 0 saturated carbocycles. The zero-order valence-corrected chi connectivity index (χ0v) is 28.6. The number of benzene rings is 6. The van der Waals surface area contributed by atoms with Crippen LogP contribution in [0.25, 0.3) is 73.4 Å². The van der Waals surface area contributed by atoms with Gasteiger partial charge < -0.3 is 0 Å². The van der Waals surface area contributed by atoms with Gasteiger partial charge in [0, 0.05) is 0 Å². The summed E-state index contributed by atoms with van der Waals surface area (Å²) >= 11 is 0.287. The van der Waals surface area contributed by atoms with Crippen molar-refractivity contribution in [1.29, 1.82) is 0 Å². The molecular formula is C44H30Se2. The Labute approximate surface area is 282 Å². The van der Waals surface area contributed by atoms with Crippen molar-refractivity contribution in [3.8, 4) is 73.4 Å². The van der Waals surface area contributed by atoms with Crippen LogP contribution >= 0.6 is 0 Å². The molecule has 2 heterocycles. The van der Waals surface area contributed by atoms with E-state index in [0.717, 1.165) is 0 Å². The van der Waals surface area contributed by atoms with Crippen LogP contribution in [0, 0.1) is 0 Å². The van der Waals surface area contributed by atoms with Gasteiger partial charge in [0.05, 0.1) is 0 Å². The maximum absolute atomic E-state index is 2.50. The van der Waals surface area contributed by atoms with Gasteiger partial charge in [-0.2, -0.15) is 0 Å². The minimum absolute atomic E-state index is 0.143. The summed E-state index contributed by atoms with van der Waals surface area (Å²) in [7, 11) is 0. The van der Waals surface area contributed by atoms with E-state index in [1.165, 1.54) is 73.4 Å². The van der Waals surface area contributed by atoms with Crippen molar-refractivity contribution in [2.24, 2.45) is 0 Å². The van der Waals surface area contributed by atoms with Gasteiger partial charge in [-0.3, -0.25) is 0 Å². The predicted octanol–water partition coefficient (Wildman–Crippen LogP) is 11.5. The van der Waals surface area contributed by atoms with Crippen LogP contribution < -0.4 is 0 Å². The van der Waals surface area contributed by atoms with Crippen LogP contribution in [-0.2, 0) is 0 Å². The first-order valence-electron chi connectivity index (χ1n) is 15.5. The van der Waals surface area contributed by atoms with Crippen molar-refractivity contribution in [3.63, 3.8) is 0 Å². The molecule has 8 aromatic rings. The second kappa shape index (κ2) is 13.0. The summed E-state index contributed by atoms with van der Waals surface area (Å²) in [6, 6.07) is 66.6. The Morgan fingerprint density at radius 3 is 0.870 bits per heavy atom. The quantitative estimate of drug-likeness (QED) is 0.144. The van der Waals surface area contributed by atoms with Gasteiger partial charge in [0.25, 0.3) is 0 Å². The molecule has 46 heavy (non-hydrogen) atoms. The van der Waals surface area contributed by atoms with Gasteiger partial charge in [0.1, 0.15) is 0 Å². The Morgan fingerprint density at radius 2 is 0.522 bits per heavy atom. The topological polar surface area (TPSA) is 0 Å². The Bertz CT molecular complexity index is 2060. The molecule has 0 aliphatic rings. The zero-order valence-electron chi connectivity index (χ0n) is 25.1. The van der Waals surface area contributed by atoms with E-state index in [1.54, 1.807) is 0 Å². The average molecular weight is 717 g/mol. The summed E-state index contributed by atoms with van der Waals surface area (Å²) in [6.45, 7) is 0. The fourth-order valence-electron chi connectivity index (χ4n) is 6.18. The summed E-state index contributed by atoms with van der Waals surface area (Å²) < 4.78 is 5.89. The molecule has 6 aromatic carbocycles. The van der Waals surface area contributed by atoms with Gasteiger partial charge in [0.2, 0.25) is 0 Å². The van der Waals surface area contributed by atoms with Crippen LogP contribution in [0.4, 0.5) is 0 Å². The maximum atomic E-state index is 2.50. The molecule has 0 saturated heterocycles. The van der Waals surface area contributed by atoms with E-state index in [1.807, 2.05) is 0 Å². The Kier molecular flexibility index (Phi) is 8.11. The number of hydrogen-bond acceptors (Lipinski definition) is 0. The summed E-state index contributed by atoms with van der Waals surface area (Å²) in [5, 5.41) is 0. The molecule has 0 atom stereocenters. The molecule has 0 nitrogen and oxygen atoms in total. The van der Waals surface area contributed by atoms with E-state index in [0.29, 0.717) is 0 Å². The summed E-state index contributed by atoms with van der Waals surface area (Å²) in [5.74, 6) is 0. The van der Waals surface area contributed by atoms with Crippen LogP contribution in [0.3, 0.4) is 0 Å². The van der Waals surface area contributed by atoms with Gasteiger partial charge >= 0.3 is 284 Å². The predicted molar refractivity (Wildman–Crippen MR) is 198 cm³/mol.